The number of carboxylic acid groups (broad SMARTS) is 1. The molecule has 0 aliphatic rings. The smallest absolute Gasteiger partial charge is 0.335 e. The summed E-state index contributed by atoms with van der Waals surface area (Å²) < 4.78 is 0. The molecule has 1 heterocycles. The van der Waals surface area contributed by atoms with Crippen molar-refractivity contribution in [2.24, 2.45) is 0 Å². The van der Waals surface area contributed by atoms with E-state index < -0.39 is 5.97 Å². The van der Waals surface area contributed by atoms with Gasteiger partial charge in [-0.15, -0.1) is 0 Å². The summed E-state index contributed by atoms with van der Waals surface area (Å²) in [7, 11) is 0. The van der Waals surface area contributed by atoms with Crippen LogP contribution in [0.4, 0.5) is 17.3 Å². The van der Waals surface area contributed by atoms with Crippen LogP contribution in [0.5, 0.6) is 0 Å². The Bertz CT molecular complexity index is 1040. The zero-order valence-electron chi connectivity index (χ0n) is 18.0. The fraction of sp³-hybridized carbons (Fsp3) is 0.250. The number of nitrogens with zero attached hydrogens (tertiary/aromatic N) is 2. The van der Waals surface area contributed by atoms with Gasteiger partial charge in [0, 0.05) is 19.5 Å². The van der Waals surface area contributed by atoms with Crippen LogP contribution in [-0.4, -0.2) is 27.0 Å². The molecule has 0 saturated carbocycles. The number of hydrogen-bond acceptors (Lipinski definition) is 6. The molecule has 1 amide bonds. The summed E-state index contributed by atoms with van der Waals surface area (Å²) in [6.45, 7) is 2.99. The number of nitrogens with one attached hydrogen (secondary N) is 3. The summed E-state index contributed by atoms with van der Waals surface area (Å²) in [5.74, 6) is -0.0510. The molecule has 0 saturated heterocycles. The first-order valence-corrected chi connectivity index (χ1v) is 10.6. The number of unbranched alkanes of at least 4 members (excludes halogenated alkanes) is 1. The lowest BCUT2D eigenvalue weighted by Crippen LogP contribution is -2.17. The van der Waals surface area contributed by atoms with Gasteiger partial charge in [0.2, 0.25) is 5.91 Å². The van der Waals surface area contributed by atoms with Gasteiger partial charge in [-0.25, -0.2) is 14.8 Å². The maximum Gasteiger partial charge on any atom is 0.335 e. The first-order chi connectivity index (χ1) is 15.6. The molecule has 0 radical (unpaired) electrons. The molecule has 0 aliphatic carbocycles. The van der Waals surface area contributed by atoms with Crippen LogP contribution in [0.15, 0.2) is 60.9 Å². The number of carbonyl (C=O) groups is 2. The number of aromatic carboxylic acids is 1. The number of benzene rings is 2. The molecule has 166 valence electrons. The lowest BCUT2D eigenvalue weighted by atomic mass is 10.1. The lowest BCUT2D eigenvalue weighted by molar-refractivity contribution is -0.116. The van der Waals surface area contributed by atoms with Gasteiger partial charge in [-0.05, 0) is 29.7 Å². The lowest BCUT2D eigenvalue weighted by Gasteiger charge is -2.16. The molecule has 3 rings (SSSR count). The number of amides is 1. The highest BCUT2D eigenvalue weighted by Gasteiger charge is 2.15. The normalized spacial score (nSPS) is 10.4. The third-order valence-electron chi connectivity index (χ3n) is 4.83. The third kappa shape index (κ3) is 6.53. The van der Waals surface area contributed by atoms with E-state index in [9.17, 15) is 9.59 Å². The largest absolute Gasteiger partial charge is 0.478 e. The minimum Gasteiger partial charge on any atom is -0.478 e. The van der Waals surface area contributed by atoms with Gasteiger partial charge in [0.25, 0.3) is 0 Å². The minimum absolute atomic E-state index is 0.0988. The summed E-state index contributed by atoms with van der Waals surface area (Å²) >= 11 is 0. The first kappa shape index (κ1) is 22.7. The van der Waals surface area contributed by atoms with Crippen molar-refractivity contribution < 1.29 is 14.7 Å². The van der Waals surface area contributed by atoms with Gasteiger partial charge < -0.3 is 21.1 Å². The van der Waals surface area contributed by atoms with E-state index in [1.165, 1.54) is 6.33 Å². The molecule has 0 spiro atoms. The Balaban J connectivity index is 1.77. The Hall–Kier alpha value is -3.94. The van der Waals surface area contributed by atoms with Gasteiger partial charge in [-0.1, -0.05) is 55.8 Å². The van der Waals surface area contributed by atoms with Crippen LogP contribution in [0, 0.1) is 0 Å². The van der Waals surface area contributed by atoms with Crippen LogP contribution < -0.4 is 16.0 Å². The van der Waals surface area contributed by atoms with Crippen molar-refractivity contribution in [3.8, 4) is 0 Å². The predicted molar refractivity (Wildman–Crippen MR) is 125 cm³/mol. The maximum atomic E-state index is 12.4. The van der Waals surface area contributed by atoms with Crippen LogP contribution in [0.1, 0.15) is 47.7 Å². The molecule has 1 aromatic heterocycles. The van der Waals surface area contributed by atoms with Crippen molar-refractivity contribution in [3.05, 3.63) is 77.6 Å². The second-order valence-electron chi connectivity index (χ2n) is 7.29. The minimum atomic E-state index is -0.966. The molecule has 8 nitrogen and oxygen atoms in total. The van der Waals surface area contributed by atoms with E-state index in [4.69, 9.17) is 5.11 Å². The Kier molecular flexibility index (Phi) is 8.14. The van der Waals surface area contributed by atoms with E-state index in [-0.39, 0.29) is 11.5 Å². The molecule has 0 fully saturated rings. The quantitative estimate of drug-likeness (QED) is 0.351. The van der Waals surface area contributed by atoms with Crippen LogP contribution in [0.25, 0.3) is 0 Å². The summed E-state index contributed by atoms with van der Waals surface area (Å²) in [5, 5.41) is 18.5. The van der Waals surface area contributed by atoms with Crippen molar-refractivity contribution >= 4 is 29.2 Å². The summed E-state index contributed by atoms with van der Waals surface area (Å²) in [5.41, 5.74) is 2.69. The zero-order valence-corrected chi connectivity index (χ0v) is 18.0. The molecule has 3 aromatic rings. The molecule has 0 bridgehead atoms. The van der Waals surface area contributed by atoms with E-state index >= 15 is 0 Å². The van der Waals surface area contributed by atoms with Gasteiger partial charge in [-0.2, -0.15) is 0 Å². The molecule has 4 N–H and O–H groups in total. The second kappa shape index (κ2) is 11.5. The van der Waals surface area contributed by atoms with Crippen molar-refractivity contribution in [2.75, 3.05) is 16.0 Å². The van der Waals surface area contributed by atoms with Crippen LogP contribution in [0.3, 0.4) is 0 Å². The standard InChI is InChI=1S/C24H27N5O3/c1-2-3-9-20(30)29-21-22(25-14-17-7-5-4-6-8-17)27-16-28-23(21)26-15-18-10-12-19(13-11-18)24(31)32/h4-8,10-13,16H,2-3,9,14-15H2,1H3,(H,29,30)(H,31,32)(H2,25,26,27,28). The van der Waals surface area contributed by atoms with Crippen molar-refractivity contribution in [3.63, 3.8) is 0 Å². The van der Waals surface area contributed by atoms with Crippen molar-refractivity contribution in [2.45, 2.75) is 39.3 Å². The van der Waals surface area contributed by atoms with Gasteiger partial charge in [-0.3, -0.25) is 4.79 Å². The molecule has 2 aromatic carbocycles. The van der Waals surface area contributed by atoms with Crippen molar-refractivity contribution in [1.82, 2.24) is 9.97 Å². The Labute approximate surface area is 187 Å². The van der Waals surface area contributed by atoms with E-state index in [0.29, 0.717) is 36.8 Å². The van der Waals surface area contributed by atoms with E-state index in [1.54, 1.807) is 24.3 Å². The zero-order chi connectivity index (χ0) is 22.8. The highest BCUT2D eigenvalue weighted by Crippen LogP contribution is 2.28. The first-order valence-electron chi connectivity index (χ1n) is 10.6. The Morgan fingerprint density at radius 2 is 1.47 bits per heavy atom. The molecular formula is C24H27N5O3. The SMILES string of the molecule is CCCCC(=O)Nc1c(NCc2ccccc2)ncnc1NCc1ccc(C(=O)O)cc1. The summed E-state index contributed by atoms with van der Waals surface area (Å²) in [4.78, 5) is 32.1. The number of hydrogen-bond donors (Lipinski definition) is 4. The highest BCUT2D eigenvalue weighted by molar-refractivity contribution is 5.97. The van der Waals surface area contributed by atoms with Gasteiger partial charge >= 0.3 is 5.97 Å². The maximum absolute atomic E-state index is 12.4. The van der Waals surface area contributed by atoms with E-state index in [2.05, 4.69) is 25.9 Å². The van der Waals surface area contributed by atoms with Gasteiger partial charge in [0.1, 0.15) is 12.0 Å². The number of aromatic nitrogens is 2. The topological polar surface area (TPSA) is 116 Å². The van der Waals surface area contributed by atoms with Crippen LogP contribution in [0.2, 0.25) is 0 Å². The average molecular weight is 434 g/mol. The van der Waals surface area contributed by atoms with Gasteiger partial charge in [0.15, 0.2) is 11.6 Å². The van der Waals surface area contributed by atoms with Crippen LogP contribution >= 0.6 is 0 Å². The number of anilines is 3. The number of carbonyl (C=O) groups excluding carboxylic acids is 1. The molecular weight excluding hydrogens is 406 g/mol. The summed E-state index contributed by atoms with van der Waals surface area (Å²) in [6, 6.07) is 16.5. The van der Waals surface area contributed by atoms with E-state index in [1.807, 2.05) is 37.3 Å². The highest BCUT2D eigenvalue weighted by atomic mass is 16.4. The predicted octanol–water partition coefficient (Wildman–Crippen LogP) is 4.53. The van der Waals surface area contributed by atoms with Crippen LogP contribution in [-0.2, 0) is 17.9 Å². The molecule has 0 unspecified atom stereocenters. The second-order valence-corrected chi connectivity index (χ2v) is 7.29. The fourth-order valence-corrected chi connectivity index (χ4v) is 3.04. The molecule has 0 atom stereocenters. The Morgan fingerprint density at radius 3 is 2.03 bits per heavy atom. The summed E-state index contributed by atoms with van der Waals surface area (Å²) in [6.07, 6.45) is 3.57. The Morgan fingerprint density at radius 1 is 0.875 bits per heavy atom. The molecule has 8 heteroatoms. The third-order valence-corrected chi connectivity index (χ3v) is 4.83. The fourth-order valence-electron chi connectivity index (χ4n) is 3.04. The monoisotopic (exact) mass is 433 g/mol. The average Bonchev–Trinajstić information content (AvgIpc) is 2.82. The number of rotatable bonds is 11. The van der Waals surface area contributed by atoms with Crippen molar-refractivity contribution in [1.29, 1.82) is 0 Å². The number of carboxylic acids is 1. The molecule has 32 heavy (non-hydrogen) atoms. The van der Waals surface area contributed by atoms with E-state index in [0.717, 1.165) is 24.0 Å². The van der Waals surface area contributed by atoms with Gasteiger partial charge in [0.05, 0.1) is 5.56 Å². The molecule has 0 aliphatic heterocycles.